The maximum absolute atomic E-state index is 13.3. The smallest absolute Gasteiger partial charge is 0.267 e. The third-order valence-electron chi connectivity index (χ3n) is 4.27. The molecule has 0 atom stereocenters. The Morgan fingerprint density at radius 3 is 2.61 bits per heavy atom. The minimum Gasteiger partial charge on any atom is -0.479 e. The molecule has 152 valence electrons. The molecule has 9 heteroatoms. The van der Waals surface area contributed by atoms with Crippen molar-refractivity contribution in [1.29, 1.82) is 0 Å². The molecule has 0 aliphatic heterocycles. The second-order valence-electron chi connectivity index (χ2n) is 6.91. The first-order chi connectivity index (χ1) is 12.8. The molecule has 0 saturated heterocycles. The highest BCUT2D eigenvalue weighted by atomic mass is 35.5. The van der Waals surface area contributed by atoms with Crippen LogP contribution in [-0.2, 0) is 7.05 Å². The normalized spacial score (nSPS) is 11.0. The van der Waals surface area contributed by atoms with E-state index in [4.69, 9.17) is 9.72 Å². The zero-order valence-electron chi connectivity index (χ0n) is 17.0. The van der Waals surface area contributed by atoms with Crippen LogP contribution in [0.15, 0.2) is 18.3 Å². The molecule has 0 aliphatic carbocycles. The van der Waals surface area contributed by atoms with Crippen LogP contribution in [0.2, 0.25) is 0 Å². The lowest BCUT2D eigenvalue weighted by Crippen LogP contribution is -2.36. The number of ether oxygens (including phenoxy) is 1. The first kappa shape index (κ1) is 22.1. The van der Waals surface area contributed by atoms with Crippen molar-refractivity contribution in [3.63, 3.8) is 0 Å². The lowest BCUT2D eigenvalue weighted by Gasteiger charge is -2.21. The van der Waals surface area contributed by atoms with Crippen LogP contribution in [0, 0.1) is 13.8 Å². The number of halogens is 1. The summed E-state index contributed by atoms with van der Waals surface area (Å²) in [5, 5.41) is 4.90. The minimum atomic E-state index is -0.157. The van der Waals surface area contributed by atoms with Gasteiger partial charge in [-0.15, -0.1) is 17.5 Å². The van der Waals surface area contributed by atoms with Gasteiger partial charge in [0.05, 0.1) is 17.3 Å². The summed E-state index contributed by atoms with van der Waals surface area (Å²) in [7, 11) is 7.26. The Hall–Kier alpha value is -2.16. The zero-order chi connectivity index (χ0) is 19.7. The number of likely N-dealkylation sites (N-methyl/N-ethyl adjacent to an activating group) is 1. The van der Waals surface area contributed by atoms with Gasteiger partial charge in [0.15, 0.2) is 5.13 Å². The van der Waals surface area contributed by atoms with Crippen molar-refractivity contribution in [3.05, 3.63) is 35.0 Å². The first-order valence-electron chi connectivity index (χ1n) is 8.72. The summed E-state index contributed by atoms with van der Waals surface area (Å²) in [5.74, 6) is 0.167. The van der Waals surface area contributed by atoms with E-state index in [1.165, 1.54) is 12.7 Å². The monoisotopic (exact) mass is 423 g/mol. The molecule has 1 aromatic carbocycles. The Kier molecular flexibility index (Phi) is 7.03. The number of carbonyl (C=O) groups excluding carboxylic acids is 1. The molecule has 0 fully saturated rings. The molecule has 0 bridgehead atoms. The van der Waals surface area contributed by atoms with Crippen molar-refractivity contribution in [3.8, 4) is 5.88 Å². The van der Waals surface area contributed by atoms with Gasteiger partial charge in [-0.3, -0.25) is 14.4 Å². The number of hydrogen-bond donors (Lipinski definition) is 0. The summed E-state index contributed by atoms with van der Waals surface area (Å²) >= 11 is 1.54. The van der Waals surface area contributed by atoms with Crippen LogP contribution in [0.5, 0.6) is 5.88 Å². The number of amides is 1. The standard InChI is InChI=1S/C19H25N5O2S.ClH/c1-12-9-13(2)16-15(10-12)20-19(27-16)24(8-7-22(3)4)18(25)14-11-23(5)21-17(14)26-6;/h9-11H,7-8H2,1-6H3;1H. The number of methoxy groups -OCH3 is 1. The Morgan fingerprint density at radius 2 is 1.96 bits per heavy atom. The number of thiazole rings is 1. The quantitative estimate of drug-likeness (QED) is 0.608. The van der Waals surface area contributed by atoms with Gasteiger partial charge in [-0.05, 0) is 45.1 Å². The summed E-state index contributed by atoms with van der Waals surface area (Å²) in [6.45, 7) is 5.39. The van der Waals surface area contributed by atoms with E-state index >= 15 is 0 Å². The van der Waals surface area contributed by atoms with E-state index in [0.29, 0.717) is 23.1 Å². The Balaban J connectivity index is 0.00000280. The number of hydrogen-bond acceptors (Lipinski definition) is 6. The van der Waals surface area contributed by atoms with Crippen LogP contribution in [-0.4, -0.2) is 59.9 Å². The average molecular weight is 424 g/mol. The molecule has 3 aromatic rings. The van der Waals surface area contributed by atoms with E-state index in [-0.39, 0.29) is 18.3 Å². The van der Waals surface area contributed by atoms with Crippen molar-refractivity contribution >= 4 is 45.0 Å². The molecule has 0 aliphatic rings. The SMILES string of the molecule is COc1nn(C)cc1C(=O)N(CCN(C)C)c1nc2cc(C)cc(C)c2s1.Cl. The van der Waals surface area contributed by atoms with Gasteiger partial charge in [0.2, 0.25) is 5.88 Å². The topological polar surface area (TPSA) is 63.5 Å². The van der Waals surface area contributed by atoms with Crippen LogP contribution in [0.25, 0.3) is 10.2 Å². The van der Waals surface area contributed by atoms with Gasteiger partial charge in [0.1, 0.15) is 5.56 Å². The predicted molar refractivity (Wildman–Crippen MR) is 116 cm³/mol. The summed E-state index contributed by atoms with van der Waals surface area (Å²) in [4.78, 5) is 21.8. The summed E-state index contributed by atoms with van der Waals surface area (Å²) in [6.07, 6.45) is 1.69. The molecule has 3 rings (SSSR count). The lowest BCUT2D eigenvalue weighted by atomic mass is 10.1. The number of nitrogens with zero attached hydrogens (tertiary/aromatic N) is 5. The van der Waals surface area contributed by atoms with Crippen molar-refractivity contribution in [2.45, 2.75) is 13.8 Å². The minimum absolute atomic E-state index is 0. The molecular formula is C19H26ClN5O2S. The fourth-order valence-electron chi connectivity index (χ4n) is 2.98. The fraction of sp³-hybridized carbons (Fsp3) is 0.421. The number of rotatable bonds is 6. The number of benzene rings is 1. The molecule has 1 amide bonds. The van der Waals surface area contributed by atoms with Crippen LogP contribution in [0.1, 0.15) is 21.5 Å². The molecule has 2 heterocycles. The zero-order valence-corrected chi connectivity index (χ0v) is 18.6. The van der Waals surface area contributed by atoms with Crippen LogP contribution in [0.3, 0.4) is 0 Å². The van der Waals surface area contributed by atoms with Gasteiger partial charge in [-0.25, -0.2) is 4.98 Å². The number of aromatic nitrogens is 3. The number of aryl methyl sites for hydroxylation is 3. The molecule has 0 unspecified atom stereocenters. The van der Waals surface area contributed by atoms with Gasteiger partial charge in [0, 0.05) is 26.3 Å². The van der Waals surface area contributed by atoms with Crippen molar-refractivity contribution in [1.82, 2.24) is 19.7 Å². The third kappa shape index (κ3) is 4.45. The van der Waals surface area contributed by atoms with Crippen LogP contribution >= 0.6 is 23.7 Å². The Morgan fingerprint density at radius 1 is 1.25 bits per heavy atom. The number of anilines is 1. The molecule has 7 nitrogen and oxygen atoms in total. The highest BCUT2D eigenvalue weighted by Gasteiger charge is 2.26. The van der Waals surface area contributed by atoms with Gasteiger partial charge in [0.25, 0.3) is 5.91 Å². The first-order valence-corrected chi connectivity index (χ1v) is 9.53. The van der Waals surface area contributed by atoms with Gasteiger partial charge < -0.3 is 9.64 Å². The fourth-order valence-corrected chi connectivity index (χ4v) is 4.02. The number of fused-ring (bicyclic) bond motifs is 1. The van der Waals surface area contributed by atoms with Gasteiger partial charge >= 0.3 is 0 Å². The van der Waals surface area contributed by atoms with E-state index < -0.39 is 0 Å². The summed E-state index contributed by atoms with van der Waals surface area (Å²) in [5.41, 5.74) is 3.70. The van der Waals surface area contributed by atoms with Crippen molar-refractivity contribution in [2.24, 2.45) is 7.05 Å². The van der Waals surface area contributed by atoms with Crippen molar-refractivity contribution in [2.75, 3.05) is 39.2 Å². The van der Waals surface area contributed by atoms with Gasteiger partial charge in [-0.2, -0.15) is 0 Å². The molecule has 2 aromatic heterocycles. The van der Waals surface area contributed by atoms with Crippen LogP contribution in [0.4, 0.5) is 5.13 Å². The van der Waals surface area contributed by atoms with Crippen molar-refractivity contribution < 1.29 is 9.53 Å². The third-order valence-corrected chi connectivity index (χ3v) is 5.50. The predicted octanol–water partition coefficient (Wildman–Crippen LogP) is 3.29. The molecular weight excluding hydrogens is 398 g/mol. The highest BCUT2D eigenvalue weighted by Crippen LogP contribution is 2.33. The molecule has 0 radical (unpaired) electrons. The van der Waals surface area contributed by atoms with E-state index in [9.17, 15) is 4.79 Å². The molecule has 28 heavy (non-hydrogen) atoms. The summed E-state index contributed by atoms with van der Waals surface area (Å²) in [6, 6.07) is 4.20. The maximum Gasteiger partial charge on any atom is 0.267 e. The van der Waals surface area contributed by atoms with Crippen LogP contribution < -0.4 is 9.64 Å². The Labute approximate surface area is 175 Å². The summed E-state index contributed by atoms with van der Waals surface area (Å²) < 4.78 is 7.98. The van der Waals surface area contributed by atoms with E-state index in [2.05, 4.69) is 31.1 Å². The maximum atomic E-state index is 13.3. The Bertz CT molecular complexity index is 982. The molecule has 0 spiro atoms. The average Bonchev–Trinajstić information content (AvgIpc) is 3.18. The lowest BCUT2D eigenvalue weighted by molar-refractivity contribution is 0.0982. The largest absolute Gasteiger partial charge is 0.479 e. The second-order valence-corrected chi connectivity index (χ2v) is 7.89. The van der Waals surface area contributed by atoms with E-state index in [1.54, 1.807) is 34.2 Å². The molecule has 0 saturated carbocycles. The van der Waals surface area contributed by atoms with E-state index in [0.717, 1.165) is 22.3 Å². The van der Waals surface area contributed by atoms with Gasteiger partial charge in [-0.1, -0.05) is 17.4 Å². The highest BCUT2D eigenvalue weighted by molar-refractivity contribution is 7.22. The second kappa shape index (κ2) is 8.89. The number of carbonyl (C=O) groups is 1. The van der Waals surface area contributed by atoms with E-state index in [1.807, 2.05) is 19.0 Å². The molecule has 0 N–H and O–H groups in total.